The van der Waals surface area contributed by atoms with E-state index in [0.717, 1.165) is 5.56 Å². The Hall–Kier alpha value is -1.59. The van der Waals surface area contributed by atoms with Gasteiger partial charge in [0, 0.05) is 25.2 Å². The summed E-state index contributed by atoms with van der Waals surface area (Å²) in [5.41, 5.74) is 0.838. The van der Waals surface area contributed by atoms with E-state index in [1.54, 1.807) is 29.0 Å². The van der Waals surface area contributed by atoms with Crippen LogP contribution in [-0.2, 0) is 14.3 Å². The molecule has 0 aliphatic carbocycles. The molecule has 2 rings (SSSR count). The van der Waals surface area contributed by atoms with Gasteiger partial charge in [0.15, 0.2) is 6.10 Å². The number of hydrogen-bond acceptors (Lipinski definition) is 3. The molecule has 0 saturated carbocycles. The van der Waals surface area contributed by atoms with E-state index >= 15 is 0 Å². The summed E-state index contributed by atoms with van der Waals surface area (Å²) in [6.45, 7) is 5.01. The highest BCUT2D eigenvalue weighted by atomic mass is 35.5. The summed E-state index contributed by atoms with van der Waals surface area (Å²) in [5.74, 6) is -0.229. The van der Waals surface area contributed by atoms with Gasteiger partial charge in [-0.2, -0.15) is 0 Å². The number of amides is 2. The van der Waals surface area contributed by atoms with Gasteiger partial charge in [-0.25, -0.2) is 0 Å². The van der Waals surface area contributed by atoms with E-state index in [1.165, 1.54) is 0 Å². The smallest absolute Gasteiger partial charge is 0.254 e. The van der Waals surface area contributed by atoms with Crippen LogP contribution in [0.4, 0.5) is 0 Å². The molecule has 0 N–H and O–H groups in total. The Morgan fingerprint density at radius 2 is 1.91 bits per heavy atom. The van der Waals surface area contributed by atoms with Crippen LogP contribution in [0.1, 0.15) is 25.5 Å². The summed E-state index contributed by atoms with van der Waals surface area (Å²) in [4.78, 5) is 28.0. The van der Waals surface area contributed by atoms with Crippen molar-refractivity contribution in [1.29, 1.82) is 0 Å². The molecule has 1 aromatic rings. The molecule has 6 heteroatoms. The Labute approximate surface area is 135 Å². The molecule has 5 nitrogen and oxygen atoms in total. The van der Waals surface area contributed by atoms with Gasteiger partial charge < -0.3 is 14.5 Å². The fourth-order valence-corrected chi connectivity index (χ4v) is 2.82. The largest absolute Gasteiger partial charge is 0.356 e. The van der Waals surface area contributed by atoms with Gasteiger partial charge in [-0.05, 0) is 31.5 Å². The predicted octanol–water partition coefficient (Wildman–Crippen LogP) is 2.11. The second-order valence-corrected chi connectivity index (χ2v) is 5.68. The molecule has 2 amide bonds. The van der Waals surface area contributed by atoms with Gasteiger partial charge in [-0.3, -0.25) is 9.59 Å². The topological polar surface area (TPSA) is 49.9 Å². The van der Waals surface area contributed by atoms with Crippen molar-refractivity contribution in [3.63, 3.8) is 0 Å². The first-order valence-electron chi connectivity index (χ1n) is 7.41. The molecule has 1 saturated heterocycles. The molecule has 22 heavy (non-hydrogen) atoms. The minimum Gasteiger partial charge on any atom is -0.356 e. The van der Waals surface area contributed by atoms with E-state index < -0.39 is 12.1 Å². The molecule has 1 aromatic carbocycles. The molecule has 0 radical (unpaired) electrons. The Bertz CT molecular complexity index is 543. The standard InChI is InChI=1S/C16H21ClN2O3/c1-4-19(5-2)16(21)15-14(18(3)13(20)10-22-15)11-6-8-12(17)9-7-11/h6-9,14-15H,4-5,10H2,1-3H3/t14-,15+/m0/s1. The fraction of sp³-hybridized carbons (Fsp3) is 0.500. The highest BCUT2D eigenvalue weighted by molar-refractivity contribution is 6.30. The summed E-state index contributed by atoms with van der Waals surface area (Å²) in [7, 11) is 1.70. The van der Waals surface area contributed by atoms with Crippen molar-refractivity contribution < 1.29 is 14.3 Å². The normalized spacial score (nSPS) is 21.8. The van der Waals surface area contributed by atoms with Gasteiger partial charge in [-0.15, -0.1) is 0 Å². The van der Waals surface area contributed by atoms with Crippen molar-refractivity contribution in [3.05, 3.63) is 34.9 Å². The Morgan fingerprint density at radius 3 is 2.45 bits per heavy atom. The fourth-order valence-electron chi connectivity index (χ4n) is 2.69. The molecule has 0 bridgehead atoms. The second-order valence-electron chi connectivity index (χ2n) is 5.24. The van der Waals surface area contributed by atoms with E-state index in [1.807, 2.05) is 26.0 Å². The number of halogens is 1. The lowest BCUT2D eigenvalue weighted by Gasteiger charge is -2.40. The quantitative estimate of drug-likeness (QED) is 0.852. The van der Waals surface area contributed by atoms with E-state index in [-0.39, 0.29) is 18.4 Å². The van der Waals surface area contributed by atoms with Crippen LogP contribution in [0.25, 0.3) is 0 Å². The van der Waals surface area contributed by atoms with Crippen molar-refractivity contribution in [2.24, 2.45) is 0 Å². The summed E-state index contributed by atoms with van der Waals surface area (Å²) >= 11 is 5.92. The van der Waals surface area contributed by atoms with Crippen LogP contribution in [0.15, 0.2) is 24.3 Å². The number of carbonyl (C=O) groups excluding carboxylic acids is 2. The van der Waals surface area contributed by atoms with Gasteiger partial charge in [0.05, 0.1) is 6.04 Å². The molecule has 0 spiro atoms. The lowest BCUT2D eigenvalue weighted by molar-refractivity contribution is -0.167. The zero-order valence-corrected chi connectivity index (χ0v) is 13.8. The van der Waals surface area contributed by atoms with Crippen molar-refractivity contribution in [2.75, 3.05) is 26.7 Å². The molecule has 1 aliphatic heterocycles. The van der Waals surface area contributed by atoms with Crippen LogP contribution in [-0.4, -0.2) is 54.5 Å². The van der Waals surface area contributed by atoms with Crippen LogP contribution < -0.4 is 0 Å². The number of benzene rings is 1. The number of hydrogen-bond donors (Lipinski definition) is 0. The second kappa shape index (κ2) is 7.11. The monoisotopic (exact) mass is 324 g/mol. The minimum absolute atomic E-state index is 0.0712. The van der Waals surface area contributed by atoms with Crippen LogP contribution >= 0.6 is 11.6 Å². The zero-order valence-electron chi connectivity index (χ0n) is 13.1. The third-order valence-corrected chi connectivity index (χ3v) is 4.27. The highest BCUT2D eigenvalue weighted by Gasteiger charge is 2.41. The Morgan fingerprint density at radius 1 is 1.32 bits per heavy atom. The zero-order chi connectivity index (χ0) is 16.3. The minimum atomic E-state index is -0.691. The Kier molecular flexibility index (Phi) is 5.42. The van der Waals surface area contributed by atoms with Crippen LogP contribution in [0.3, 0.4) is 0 Å². The molecule has 2 atom stereocenters. The van der Waals surface area contributed by atoms with Gasteiger partial charge in [0.1, 0.15) is 6.61 Å². The Balaban J connectivity index is 2.35. The number of morpholine rings is 1. The van der Waals surface area contributed by atoms with E-state index in [2.05, 4.69) is 0 Å². The molecule has 120 valence electrons. The number of likely N-dealkylation sites (N-methyl/N-ethyl adjacent to an activating group) is 2. The van der Waals surface area contributed by atoms with Gasteiger partial charge in [-0.1, -0.05) is 23.7 Å². The van der Waals surface area contributed by atoms with Crippen LogP contribution in [0, 0.1) is 0 Å². The predicted molar refractivity (Wildman–Crippen MR) is 84.6 cm³/mol. The van der Waals surface area contributed by atoms with E-state index in [0.29, 0.717) is 18.1 Å². The maximum atomic E-state index is 12.7. The van der Waals surface area contributed by atoms with Gasteiger partial charge in [0.25, 0.3) is 5.91 Å². The summed E-state index contributed by atoms with van der Waals surface area (Å²) in [5, 5.41) is 0.612. The summed E-state index contributed by atoms with van der Waals surface area (Å²) in [6, 6.07) is 6.72. The third-order valence-electron chi connectivity index (χ3n) is 4.01. The first-order chi connectivity index (χ1) is 10.5. The molecular weight excluding hydrogens is 304 g/mol. The number of carbonyl (C=O) groups is 2. The molecule has 1 heterocycles. The van der Waals surface area contributed by atoms with E-state index in [4.69, 9.17) is 16.3 Å². The summed E-state index contributed by atoms with van der Waals surface area (Å²) < 4.78 is 5.59. The number of nitrogens with zero attached hydrogens (tertiary/aromatic N) is 2. The highest BCUT2D eigenvalue weighted by Crippen LogP contribution is 2.30. The van der Waals surface area contributed by atoms with Crippen LogP contribution in [0.2, 0.25) is 5.02 Å². The first-order valence-corrected chi connectivity index (χ1v) is 7.78. The van der Waals surface area contributed by atoms with Crippen molar-refractivity contribution in [3.8, 4) is 0 Å². The lowest BCUT2D eigenvalue weighted by Crippen LogP contribution is -2.53. The maximum Gasteiger partial charge on any atom is 0.254 e. The number of rotatable bonds is 4. The van der Waals surface area contributed by atoms with Gasteiger partial charge >= 0.3 is 0 Å². The average Bonchev–Trinajstić information content (AvgIpc) is 2.52. The molecular formula is C16H21ClN2O3. The van der Waals surface area contributed by atoms with Crippen molar-refractivity contribution >= 4 is 23.4 Å². The van der Waals surface area contributed by atoms with Crippen molar-refractivity contribution in [1.82, 2.24) is 9.80 Å². The van der Waals surface area contributed by atoms with Crippen LogP contribution in [0.5, 0.6) is 0 Å². The average molecular weight is 325 g/mol. The summed E-state index contributed by atoms with van der Waals surface area (Å²) in [6.07, 6.45) is -0.691. The lowest BCUT2D eigenvalue weighted by atomic mass is 9.97. The molecule has 0 unspecified atom stereocenters. The van der Waals surface area contributed by atoms with E-state index in [9.17, 15) is 9.59 Å². The molecule has 1 fully saturated rings. The maximum absolute atomic E-state index is 12.7. The van der Waals surface area contributed by atoms with Crippen molar-refractivity contribution in [2.45, 2.75) is 26.0 Å². The molecule has 1 aliphatic rings. The SMILES string of the molecule is CCN(CC)C(=O)[C@@H]1OCC(=O)N(C)[C@H]1c1ccc(Cl)cc1. The number of ether oxygens (including phenoxy) is 1. The first kappa shape index (κ1) is 16.8. The molecule has 0 aromatic heterocycles. The van der Waals surface area contributed by atoms with Gasteiger partial charge in [0.2, 0.25) is 5.91 Å². The third kappa shape index (κ3) is 3.25.